The maximum Gasteiger partial charge on any atom is -0.00773 e. The molecule has 0 rings (SSSR count). The monoisotopic (exact) mass is 2060 g/mol. The van der Waals surface area contributed by atoms with Crippen molar-refractivity contribution in [3.63, 3.8) is 0 Å². The largest absolute Gasteiger partial charge is 0.330 e. The summed E-state index contributed by atoms with van der Waals surface area (Å²) in [6, 6.07) is 0. The van der Waals surface area contributed by atoms with Gasteiger partial charge in [-0.1, -0.05) is 743 Å². The standard InChI is InChI=1S/C18H39N.C17H37N.C16H35N.C15H33N.C14H31N.C13H29N.C12H27N.C11H25N.C10H23N.C9H21N/c1-2-3-4-5-6-7-8-9-10-11-12-13-14-15-16-17-18-19;1-2-3-4-5-6-7-8-9-10-11-12-13-14-15-16-17-18;1-2-3-4-5-6-7-8-9-10-11-12-13-14-15-16-17;1-2-3-4-5-6-7-8-9-10-11-12-13-14-15-16;1-2-3-4-5-6-7-8-9-10-11-12-13-14-15;1-2-3-4-5-6-7-8-9-10-11-12-13-14;1-2-3-4-5-6-7-8-9-10-11-12-13;1-2-3-4-5-6-7-8-9-10-11-12;1-2-3-4-5-6-7-8-9-10-11;1-2-3-4-5-6-7-8-9-10/h2-19H2,1H3;2-18H2,1H3;2-17H2,1H3;2-16H2,1H3;2-15H2,1H3;2-14H2,1H3;2-13H2,1H3;2-12H2,1H3;2-11H2,1H3;2-10H2,1H3. The van der Waals surface area contributed by atoms with Gasteiger partial charge in [-0.15, -0.1) is 0 Å². The zero-order valence-corrected chi connectivity index (χ0v) is 104. The quantitative estimate of drug-likeness (QED) is 0.0258. The number of hydrogen-bond donors (Lipinski definition) is 10. The molecule has 0 aliphatic heterocycles. The third-order valence-electron chi connectivity index (χ3n) is 29.3. The van der Waals surface area contributed by atoms with Crippen LogP contribution in [0.3, 0.4) is 0 Å². The zero-order chi connectivity index (χ0) is 108. The molecular weight excluding hydrogens is 1760 g/mol. The zero-order valence-electron chi connectivity index (χ0n) is 104. The molecule has 0 aromatic heterocycles. The lowest BCUT2D eigenvalue weighted by Gasteiger charge is -2.03. The van der Waals surface area contributed by atoms with E-state index in [2.05, 4.69) is 69.2 Å². The normalized spacial score (nSPS) is 10.8. The van der Waals surface area contributed by atoms with Crippen LogP contribution in [0.1, 0.15) is 808 Å². The summed E-state index contributed by atoms with van der Waals surface area (Å²) in [6.45, 7) is 31.5. The molecule has 0 spiro atoms. The Morgan fingerprint density at radius 3 is 0.124 bits per heavy atom. The van der Waals surface area contributed by atoms with Crippen LogP contribution in [0.2, 0.25) is 0 Å². The highest BCUT2D eigenvalue weighted by Crippen LogP contribution is 2.22. The van der Waals surface area contributed by atoms with Gasteiger partial charge in [0.2, 0.25) is 0 Å². The Bertz CT molecular complexity index is 1670. The lowest BCUT2D eigenvalue weighted by atomic mass is 10.0. The highest BCUT2D eigenvalue weighted by molar-refractivity contribution is 4.60. The predicted octanol–water partition coefficient (Wildman–Crippen LogP) is 44.5. The number of hydrogen-bond acceptors (Lipinski definition) is 10. The van der Waals surface area contributed by atoms with Crippen LogP contribution in [-0.4, -0.2) is 65.4 Å². The van der Waals surface area contributed by atoms with Crippen LogP contribution in [0.4, 0.5) is 0 Å². The van der Waals surface area contributed by atoms with Gasteiger partial charge in [-0.05, 0) is 130 Å². The molecule has 0 amide bonds. The molecule has 890 valence electrons. The summed E-state index contributed by atoms with van der Waals surface area (Å²) >= 11 is 0. The Balaban J connectivity index is -0.000000175. The van der Waals surface area contributed by atoms with Gasteiger partial charge >= 0.3 is 0 Å². The van der Waals surface area contributed by atoms with E-state index in [4.69, 9.17) is 57.3 Å². The number of rotatable bonds is 115. The lowest BCUT2D eigenvalue weighted by molar-refractivity contribution is 0.530. The first-order valence-corrected chi connectivity index (χ1v) is 68.7. The molecule has 0 unspecified atom stereocenters. The average molecular weight is 2060 g/mol. The second-order valence-electron chi connectivity index (χ2n) is 45.0. The lowest BCUT2D eigenvalue weighted by Crippen LogP contribution is -1.97. The fourth-order valence-corrected chi connectivity index (χ4v) is 19.0. The summed E-state index contributed by atoms with van der Waals surface area (Å²) in [6.07, 6.45) is 162. The van der Waals surface area contributed by atoms with Gasteiger partial charge in [0.25, 0.3) is 0 Å². The van der Waals surface area contributed by atoms with Gasteiger partial charge in [-0.3, -0.25) is 0 Å². The average Bonchev–Trinajstić information content (AvgIpc) is 1.11. The van der Waals surface area contributed by atoms with Crippen molar-refractivity contribution in [2.75, 3.05) is 65.4 Å². The topological polar surface area (TPSA) is 260 Å². The predicted molar refractivity (Wildman–Crippen MR) is 678 cm³/mol. The third-order valence-corrected chi connectivity index (χ3v) is 29.3. The summed E-state index contributed by atoms with van der Waals surface area (Å²) in [7, 11) is 0. The first kappa shape index (κ1) is 165. The minimum absolute atomic E-state index is 0.869. The van der Waals surface area contributed by atoms with Crippen LogP contribution in [-0.2, 0) is 0 Å². The van der Waals surface area contributed by atoms with E-state index in [1.54, 1.807) is 0 Å². The van der Waals surface area contributed by atoms with Crippen LogP contribution < -0.4 is 57.3 Å². The summed E-state index contributed by atoms with van der Waals surface area (Å²) in [5.74, 6) is 0. The molecule has 0 saturated carbocycles. The van der Waals surface area contributed by atoms with E-state index in [9.17, 15) is 0 Å². The van der Waals surface area contributed by atoms with Crippen LogP contribution in [0.5, 0.6) is 0 Å². The Labute approximate surface area is 924 Å². The van der Waals surface area contributed by atoms with Crippen molar-refractivity contribution in [2.24, 2.45) is 57.3 Å². The van der Waals surface area contributed by atoms with Crippen molar-refractivity contribution in [3.8, 4) is 0 Å². The van der Waals surface area contributed by atoms with Gasteiger partial charge in [-0.2, -0.15) is 0 Å². The van der Waals surface area contributed by atoms with Gasteiger partial charge in [0.1, 0.15) is 0 Å². The van der Waals surface area contributed by atoms with Gasteiger partial charge in [-0.25, -0.2) is 0 Å². The Hall–Kier alpha value is -0.400. The summed E-state index contributed by atoms with van der Waals surface area (Å²) in [4.78, 5) is 0. The molecule has 0 fully saturated rings. The van der Waals surface area contributed by atoms with Crippen molar-refractivity contribution < 1.29 is 0 Å². The van der Waals surface area contributed by atoms with Gasteiger partial charge in [0.05, 0.1) is 0 Å². The molecule has 0 aromatic rings. The Morgan fingerprint density at radius 1 is 0.0552 bits per heavy atom. The van der Waals surface area contributed by atoms with E-state index in [-0.39, 0.29) is 0 Å². The fraction of sp³-hybridized carbons (Fsp3) is 1.00. The van der Waals surface area contributed by atoms with Crippen molar-refractivity contribution >= 4 is 0 Å². The second-order valence-corrected chi connectivity index (χ2v) is 45.0. The van der Waals surface area contributed by atoms with Crippen molar-refractivity contribution in [1.29, 1.82) is 0 Å². The molecular formula is C135H300N10. The molecule has 0 heterocycles. The third kappa shape index (κ3) is 219. The molecule has 0 atom stereocenters. The van der Waals surface area contributed by atoms with E-state index in [1.165, 1.54) is 738 Å². The summed E-state index contributed by atoms with van der Waals surface area (Å²) < 4.78 is 0. The molecule has 10 heteroatoms. The maximum atomic E-state index is 5.48. The number of nitrogens with two attached hydrogens (primary N) is 10. The van der Waals surface area contributed by atoms with Crippen LogP contribution in [0, 0.1) is 0 Å². The molecule has 145 heavy (non-hydrogen) atoms. The van der Waals surface area contributed by atoms with E-state index >= 15 is 0 Å². The SMILES string of the molecule is CCCCCCCCCCCCCCCCCCN.CCCCCCCCCCCCCCCCCN.CCCCCCCCCCCCCCCCN.CCCCCCCCCCCCCCCN.CCCCCCCCCCCCCCN.CCCCCCCCCCCCCN.CCCCCCCCCCCCN.CCCCCCCCCCCN.CCCCCCCCCCN.CCCCCCCCCN. The van der Waals surface area contributed by atoms with Crippen LogP contribution >= 0.6 is 0 Å². The molecule has 0 bridgehead atoms. The molecule has 0 aromatic carbocycles. The second kappa shape index (κ2) is 188. The van der Waals surface area contributed by atoms with Gasteiger partial charge in [0.15, 0.2) is 0 Å². The van der Waals surface area contributed by atoms with Crippen molar-refractivity contribution in [1.82, 2.24) is 0 Å². The maximum absolute atomic E-state index is 5.48. The minimum atomic E-state index is 0.869. The van der Waals surface area contributed by atoms with E-state index in [0.29, 0.717) is 0 Å². The first-order chi connectivity index (χ1) is 71.6. The highest BCUT2D eigenvalue weighted by Gasteiger charge is 2.03. The highest BCUT2D eigenvalue weighted by atomic mass is 14.5. The summed E-state index contributed by atoms with van der Waals surface area (Å²) in [5.41, 5.74) is 54.4. The number of unbranched alkanes of at least 4 members (excludes halogenated alkanes) is 105. The molecule has 0 radical (unpaired) electrons. The van der Waals surface area contributed by atoms with Crippen LogP contribution in [0.25, 0.3) is 0 Å². The van der Waals surface area contributed by atoms with E-state index in [0.717, 1.165) is 65.4 Å². The summed E-state index contributed by atoms with van der Waals surface area (Å²) in [5, 5.41) is 0. The molecule has 0 aliphatic carbocycles. The molecule has 0 saturated heterocycles. The molecule has 20 N–H and O–H groups in total. The van der Waals surface area contributed by atoms with Crippen LogP contribution in [0.15, 0.2) is 0 Å². The van der Waals surface area contributed by atoms with Gasteiger partial charge in [0, 0.05) is 0 Å². The van der Waals surface area contributed by atoms with E-state index < -0.39 is 0 Å². The first-order valence-electron chi connectivity index (χ1n) is 68.7. The van der Waals surface area contributed by atoms with Crippen molar-refractivity contribution in [3.05, 3.63) is 0 Å². The Kier molecular flexibility index (Phi) is 213. The fourth-order valence-electron chi connectivity index (χ4n) is 19.0. The smallest absolute Gasteiger partial charge is 0.00773 e. The van der Waals surface area contributed by atoms with Gasteiger partial charge < -0.3 is 57.3 Å². The minimum Gasteiger partial charge on any atom is -0.330 e. The Morgan fingerprint density at radius 2 is 0.0897 bits per heavy atom. The molecule has 10 nitrogen and oxygen atoms in total. The van der Waals surface area contributed by atoms with E-state index in [1.807, 2.05) is 0 Å². The molecule has 0 aliphatic rings. The van der Waals surface area contributed by atoms with Crippen molar-refractivity contribution in [2.45, 2.75) is 808 Å².